The molecule has 2 heterocycles. The van der Waals surface area contributed by atoms with Crippen molar-refractivity contribution in [3.63, 3.8) is 0 Å². The van der Waals surface area contributed by atoms with Crippen LogP contribution in [0.1, 0.15) is 71.6 Å². The number of rotatable bonds is 7. The highest BCUT2D eigenvalue weighted by molar-refractivity contribution is 5.80. The van der Waals surface area contributed by atoms with E-state index in [1.165, 1.54) is 51.5 Å². The third-order valence-electron chi connectivity index (χ3n) is 4.65. The standard InChI is InChI=1S/C16H29NO/c1-13(2)7-5-3-4-6-10-17-14-8-9-15(17)12-16(18)11-14/h13-15H,3-12H2,1-2H3. The first-order valence-electron chi connectivity index (χ1n) is 7.94. The highest BCUT2D eigenvalue weighted by Crippen LogP contribution is 2.34. The number of carbonyl (C=O) groups excluding carboxylic acids is 1. The predicted octanol–water partition coefficient (Wildman–Crippen LogP) is 3.79. The molecular formula is C16H29NO. The lowest BCUT2D eigenvalue weighted by atomic mass is 10.0. The largest absolute Gasteiger partial charge is 0.300 e. The molecule has 2 nitrogen and oxygen atoms in total. The van der Waals surface area contributed by atoms with Gasteiger partial charge in [0, 0.05) is 24.9 Å². The van der Waals surface area contributed by atoms with E-state index in [9.17, 15) is 4.79 Å². The Morgan fingerprint density at radius 1 is 1.06 bits per heavy atom. The van der Waals surface area contributed by atoms with E-state index in [0.29, 0.717) is 17.9 Å². The highest BCUT2D eigenvalue weighted by Gasteiger charge is 2.39. The molecular weight excluding hydrogens is 222 g/mol. The van der Waals surface area contributed by atoms with Gasteiger partial charge >= 0.3 is 0 Å². The quantitative estimate of drug-likeness (QED) is 0.642. The van der Waals surface area contributed by atoms with Gasteiger partial charge in [0.1, 0.15) is 5.78 Å². The van der Waals surface area contributed by atoms with E-state index < -0.39 is 0 Å². The monoisotopic (exact) mass is 251 g/mol. The van der Waals surface area contributed by atoms with Crippen LogP contribution in [0.2, 0.25) is 0 Å². The normalized spacial score (nSPS) is 28.3. The summed E-state index contributed by atoms with van der Waals surface area (Å²) < 4.78 is 0. The number of unbranched alkanes of at least 4 members (excludes halogenated alkanes) is 3. The summed E-state index contributed by atoms with van der Waals surface area (Å²) in [6.07, 6.45) is 11.1. The summed E-state index contributed by atoms with van der Waals surface area (Å²) in [7, 11) is 0. The van der Waals surface area contributed by atoms with Crippen molar-refractivity contribution < 1.29 is 4.79 Å². The average Bonchev–Trinajstić information content (AvgIpc) is 2.56. The van der Waals surface area contributed by atoms with Crippen molar-refractivity contribution in [2.75, 3.05) is 6.54 Å². The lowest BCUT2D eigenvalue weighted by Crippen LogP contribution is -2.43. The minimum absolute atomic E-state index is 0.510. The maximum atomic E-state index is 11.5. The van der Waals surface area contributed by atoms with Crippen molar-refractivity contribution in [2.45, 2.75) is 83.7 Å². The Balaban J connectivity index is 1.59. The zero-order chi connectivity index (χ0) is 13.0. The molecule has 0 aliphatic carbocycles. The van der Waals surface area contributed by atoms with Crippen molar-refractivity contribution in [3.05, 3.63) is 0 Å². The Hall–Kier alpha value is -0.370. The SMILES string of the molecule is CC(C)CCCCCCN1C2CCC1CC(=O)C2. The van der Waals surface area contributed by atoms with Crippen molar-refractivity contribution in [3.8, 4) is 0 Å². The molecule has 2 atom stereocenters. The van der Waals surface area contributed by atoms with Gasteiger partial charge in [0.15, 0.2) is 0 Å². The molecule has 2 saturated heterocycles. The third kappa shape index (κ3) is 3.81. The molecule has 2 rings (SSSR count). The second-order valence-corrected chi connectivity index (χ2v) is 6.67. The van der Waals surface area contributed by atoms with E-state index in [1.807, 2.05) is 0 Å². The molecule has 2 heteroatoms. The Morgan fingerprint density at radius 2 is 1.67 bits per heavy atom. The van der Waals surface area contributed by atoms with Crippen LogP contribution >= 0.6 is 0 Å². The van der Waals surface area contributed by atoms with Gasteiger partial charge in [-0.05, 0) is 31.7 Å². The highest BCUT2D eigenvalue weighted by atomic mass is 16.1. The van der Waals surface area contributed by atoms with Crippen LogP contribution in [-0.4, -0.2) is 29.3 Å². The maximum absolute atomic E-state index is 11.5. The van der Waals surface area contributed by atoms with Crippen LogP contribution in [-0.2, 0) is 4.79 Å². The molecule has 0 spiro atoms. The average molecular weight is 251 g/mol. The van der Waals surface area contributed by atoms with E-state index in [0.717, 1.165) is 18.8 Å². The molecule has 0 aromatic carbocycles. The van der Waals surface area contributed by atoms with Crippen molar-refractivity contribution in [1.82, 2.24) is 4.90 Å². The summed E-state index contributed by atoms with van der Waals surface area (Å²) in [6, 6.07) is 1.21. The minimum Gasteiger partial charge on any atom is -0.300 e. The van der Waals surface area contributed by atoms with Gasteiger partial charge in [0.05, 0.1) is 0 Å². The molecule has 104 valence electrons. The lowest BCUT2D eigenvalue weighted by Gasteiger charge is -2.33. The number of ketones is 1. The van der Waals surface area contributed by atoms with Gasteiger partial charge in [-0.15, -0.1) is 0 Å². The molecule has 0 radical (unpaired) electrons. The molecule has 0 aromatic heterocycles. The summed E-state index contributed by atoms with van der Waals surface area (Å²) in [5, 5.41) is 0. The molecule has 0 amide bonds. The molecule has 0 N–H and O–H groups in total. The van der Waals surface area contributed by atoms with Crippen LogP contribution in [0.5, 0.6) is 0 Å². The van der Waals surface area contributed by atoms with E-state index in [2.05, 4.69) is 18.7 Å². The van der Waals surface area contributed by atoms with E-state index in [1.54, 1.807) is 0 Å². The number of Topliss-reactive ketones (excluding diaryl/α,β-unsaturated/α-hetero) is 1. The smallest absolute Gasteiger partial charge is 0.136 e. The number of fused-ring (bicyclic) bond motifs is 2. The molecule has 18 heavy (non-hydrogen) atoms. The first-order valence-corrected chi connectivity index (χ1v) is 7.94. The van der Waals surface area contributed by atoms with Crippen LogP contribution in [0.15, 0.2) is 0 Å². The van der Waals surface area contributed by atoms with Crippen LogP contribution in [0.25, 0.3) is 0 Å². The fraction of sp³-hybridized carbons (Fsp3) is 0.938. The predicted molar refractivity (Wildman–Crippen MR) is 75.7 cm³/mol. The third-order valence-corrected chi connectivity index (χ3v) is 4.65. The van der Waals surface area contributed by atoms with Gasteiger partial charge in [-0.25, -0.2) is 0 Å². The van der Waals surface area contributed by atoms with Gasteiger partial charge in [-0.2, -0.15) is 0 Å². The van der Waals surface area contributed by atoms with E-state index in [-0.39, 0.29) is 0 Å². The first-order chi connectivity index (χ1) is 8.66. The Morgan fingerprint density at radius 3 is 2.28 bits per heavy atom. The first kappa shape index (κ1) is 14.0. The van der Waals surface area contributed by atoms with Crippen molar-refractivity contribution in [2.24, 2.45) is 5.92 Å². The van der Waals surface area contributed by atoms with Crippen molar-refractivity contribution >= 4 is 5.78 Å². The van der Waals surface area contributed by atoms with Crippen LogP contribution in [0.3, 0.4) is 0 Å². The van der Waals surface area contributed by atoms with E-state index in [4.69, 9.17) is 0 Å². The number of hydrogen-bond acceptors (Lipinski definition) is 2. The topological polar surface area (TPSA) is 20.3 Å². The zero-order valence-electron chi connectivity index (χ0n) is 12.2. The molecule has 2 aliphatic rings. The molecule has 2 bridgehead atoms. The van der Waals surface area contributed by atoms with Gasteiger partial charge < -0.3 is 0 Å². The molecule has 2 fully saturated rings. The summed E-state index contributed by atoms with van der Waals surface area (Å²) in [5.41, 5.74) is 0. The number of carbonyl (C=O) groups is 1. The fourth-order valence-electron chi connectivity index (χ4n) is 3.63. The zero-order valence-corrected chi connectivity index (χ0v) is 12.2. The Bertz CT molecular complexity index is 258. The molecule has 0 saturated carbocycles. The number of nitrogens with zero attached hydrogens (tertiary/aromatic N) is 1. The second kappa shape index (κ2) is 6.70. The van der Waals surface area contributed by atoms with Crippen LogP contribution < -0.4 is 0 Å². The van der Waals surface area contributed by atoms with Crippen LogP contribution in [0.4, 0.5) is 0 Å². The Labute approximate surface area is 112 Å². The van der Waals surface area contributed by atoms with Gasteiger partial charge in [0.25, 0.3) is 0 Å². The summed E-state index contributed by atoms with van der Waals surface area (Å²) in [4.78, 5) is 14.2. The molecule has 2 unspecified atom stereocenters. The van der Waals surface area contributed by atoms with Gasteiger partial charge in [0.2, 0.25) is 0 Å². The van der Waals surface area contributed by atoms with Gasteiger partial charge in [-0.3, -0.25) is 9.69 Å². The van der Waals surface area contributed by atoms with Crippen molar-refractivity contribution in [1.29, 1.82) is 0 Å². The number of piperidine rings is 1. The maximum Gasteiger partial charge on any atom is 0.136 e. The second-order valence-electron chi connectivity index (χ2n) is 6.67. The number of hydrogen-bond donors (Lipinski definition) is 0. The summed E-state index contributed by atoms with van der Waals surface area (Å²) in [5.74, 6) is 1.37. The summed E-state index contributed by atoms with van der Waals surface area (Å²) >= 11 is 0. The Kier molecular flexibility index (Phi) is 5.23. The van der Waals surface area contributed by atoms with E-state index >= 15 is 0 Å². The van der Waals surface area contributed by atoms with Gasteiger partial charge in [-0.1, -0.05) is 39.5 Å². The lowest BCUT2D eigenvalue weighted by molar-refractivity contribution is -0.123. The van der Waals surface area contributed by atoms with Crippen LogP contribution in [0, 0.1) is 5.92 Å². The fourth-order valence-corrected chi connectivity index (χ4v) is 3.63. The minimum atomic E-state index is 0.510. The summed E-state index contributed by atoms with van der Waals surface area (Å²) in [6.45, 7) is 5.86. The molecule has 0 aromatic rings. The molecule has 2 aliphatic heterocycles.